The molecule has 5 heteroatoms. The minimum absolute atomic E-state index is 0.0157. The molecule has 0 aromatic carbocycles. The fourth-order valence-corrected chi connectivity index (χ4v) is 11.1. The highest BCUT2D eigenvalue weighted by molar-refractivity contribution is 5.79. The third-order valence-corrected chi connectivity index (χ3v) is 13.5. The van der Waals surface area contributed by atoms with Crippen molar-refractivity contribution in [3.05, 3.63) is 11.6 Å². The summed E-state index contributed by atoms with van der Waals surface area (Å²) in [4.78, 5) is 13.8. The molecular formula is C33H54O5. The number of aliphatic hydroxyl groups excluding tert-OH is 3. The van der Waals surface area contributed by atoms with Crippen molar-refractivity contribution >= 4 is 5.97 Å². The summed E-state index contributed by atoms with van der Waals surface area (Å²) in [6.45, 7) is 17.8. The zero-order valence-corrected chi connectivity index (χ0v) is 25.3. The van der Waals surface area contributed by atoms with E-state index in [0.29, 0.717) is 12.3 Å². The molecule has 0 spiro atoms. The molecular weight excluding hydrogens is 476 g/mol. The van der Waals surface area contributed by atoms with Crippen LogP contribution in [0.5, 0.6) is 0 Å². The van der Waals surface area contributed by atoms with E-state index in [0.717, 1.165) is 51.4 Å². The van der Waals surface area contributed by atoms with Gasteiger partial charge in [-0.25, -0.2) is 0 Å². The van der Waals surface area contributed by atoms with Gasteiger partial charge in [-0.15, -0.1) is 0 Å². The van der Waals surface area contributed by atoms with Crippen LogP contribution in [0.2, 0.25) is 0 Å². The lowest BCUT2D eigenvalue weighted by atomic mass is 9.33. The number of esters is 1. The predicted octanol–water partition coefficient (Wildman–Crippen LogP) is 6.04. The van der Waals surface area contributed by atoms with Gasteiger partial charge in [-0.05, 0) is 111 Å². The van der Waals surface area contributed by atoms with Crippen LogP contribution >= 0.6 is 0 Å². The SMILES string of the molecule is CC(C)OC(=O)[C@]12CCC(C)(C)C[C@H]1C1=CC[C@@H]3[C@@]4(C)C[C@@H](O)[C@H](O)[C@@](C)(CO)[C@@H]4CC[C@@]3(C)[C@]1(C)CC2. The first-order chi connectivity index (χ1) is 17.5. The van der Waals surface area contributed by atoms with Crippen LogP contribution in [0.3, 0.4) is 0 Å². The summed E-state index contributed by atoms with van der Waals surface area (Å²) in [6.07, 6.45) is 9.05. The molecule has 0 bridgehead atoms. The Morgan fingerprint density at radius 2 is 1.63 bits per heavy atom. The second-order valence-corrected chi connectivity index (χ2v) is 16.2. The number of carbonyl (C=O) groups is 1. The number of aliphatic hydroxyl groups is 3. The Balaban J connectivity index is 1.59. The van der Waals surface area contributed by atoms with Crippen LogP contribution in [-0.2, 0) is 9.53 Å². The highest BCUT2D eigenvalue weighted by Crippen LogP contribution is 2.75. The largest absolute Gasteiger partial charge is 0.463 e. The maximum atomic E-state index is 13.8. The summed E-state index contributed by atoms with van der Waals surface area (Å²) in [5.41, 5.74) is 0.394. The van der Waals surface area contributed by atoms with Gasteiger partial charge in [-0.2, -0.15) is 0 Å². The summed E-state index contributed by atoms with van der Waals surface area (Å²) >= 11 is 0. The Hall–Kier alpha value is -0.910. The zero-order chi connectivity index (χ0) is 28.1. The van der Waals surface area contributed by atoms with Gasteiger partial charge in [0.1, 0.15) is 0 Å². The van der Waals surface area contributed by atoms with Crippen molar-refractivity contribution in [2.45, 2.75) is 131 Å². The molecule has 4 saturated carbocycles. The van der Waals surface area contributed by atoms with Gasteiger partial charge in [-0.1, -0.05) is 53.2 Å². The Kier molecular flexibility index (Phi) is 6.62. The molecule has 0 saturated heterocycles. The Bertz CT molecular complexity index is 1000. The highest BCUT2D eigenvalue weighted by Gasteiger charge is 2.70. The molecule has 3 N–H and O–H groups in total. The van der Waals surface area contributed by atoms with Gasteiger partial charge >= 0.3 is 5.97 Å². The number of rotatable bonds is 3. The summed E-state index contributed by atoms with van der Waals surface area (Å²) in [6, 6.07) is 0. The van der Waals surface area contributed by atoms with Crippen molar-refractivity contribution in [2.75, 3.05) is 6.61 Å². The molecule has 0 heterocycles. The lowest BCUT2D eigenvalue weighted by molar-refractivity contribution is -0.243. The second-order valence-electron chi connectivity index (χ2n) is 16.2. The minimum atomic E-state index is -0.896. The average molecular weight is 531 g/mol. The van der Waals surface area contributed by atoms with Gasteiger partial charge in [0.15, 0.2) is 0 Å². The predicted molar refractivity (Wildman–Crippen MR) is 149 cm³/mol. The monoisotopic (exact) mass is 530 g/mol. The van der Waals surface area contributed by atoms with Crippen LogP contribution in [0.25, 0.3) is 0 Å². The first-order valence-electron chi connectivity index (χ1n) is 15.4. The van der Waals surface area contributed by atoms with Crippen molar-refractivity contribution in [1.82, 2.24) is 0 Å². The van der Waals surface area contributed by atoms with E-state index in [1.807, 2.05) is 20.8 Å². The fourth-order valence-electron chi connectivity index (χ4n) is 11.1. The van der Waals surface area contributed by atoms with Crippen LogP contribution in [0.1, 0.15) is 113 Å². The van der Waals surface area contributed by atoms with Crippen LogP contribution in [0.4, 0.5) is 0 Å². The first-order valence-corrected chi connectivity index (χ1v) is 15.4. The number of hydrogen-bond acceptors (Lipinski definition) is 5. The van der Waals surface area contributed by atoms with E-state index < -0.39 is 23.0 Å². The lowest BCUT2D eigenvalue weighted by Crippen LogP contribution is -2.68. The highest BCUT2D eigenvalue weighted by atomic mass is 16.5. The van der Waals surface area contributed by atoms with Crippen molar-refractivity contribution < 1.29 is 24.9 Å². The van der Waals surface area contributed by atoms with E-state index in [-0.39, 0.29) is 52.2 Å². The quantitative estimate of drug-likeness (QED) is 0.306. The van der Waals surface area contributed by atoms with Crippen LogP contribution in [0, 0.1) is 50.2 Å². The molecule has 5 nitrogen and oxygen atoms in total. The number of fused-ring (bicyclic) bond motifs is 7. The van der Waals surface area contributed by atoms with Crippen molar-refractivity contribution in [2.24, 2.45) is 50.2 Å². The molecule has 0 unspecified atom stereocenters. The molecule has 0 radical (unpaired) electrons. The number of hydrogen-bond donors (Lipinski definition) is 3. The standard InChI is InChI=1S/C33H54O5/c1-20(2)38-27(37)33-15-13-28(3,4)17-22(33)21-9-10-25-29(5)18-23(35)26(36)30(6,19-34)24(29)11-12-32(25,8)31(21,7)14-16-33/h9,20,22-26,34-36H,10-19H2,1-8H3/t22-,23+,24+,25+,26-,29-,30-,31+,32+,33-/m0/s1. The van der Waals surface area contributed by atoms with Crippen molar-refractivity contribution in [3.63, 3.8) is 0 Å². The molecule has 10 atom stereocenters. The van der Waals surface area contributed by atoms with E-state index in [1.54, 1.807) is 0 Å². The van der Waals surface area contributed by atoms with E-state index in [2.05, 4.69) is 40.7 Å². The van der Waals surface area contributed by atoms with Gasteiger partial charge in [0, 0.05) is 5.41 Å². The molecule has 5 aliphatic rings. The number of allylic oxidation sites excluding steroid dienone is 2. The van der Waals surface area contributed by atoms with Crippen molar-refractivity contribution in [1.29, 1.82) is 0 Å². The van der Waals surface area contributed by atoms with Crippen LogP contribution < -0.4 is 0 Å². The zero-order valence-electron chi connectivity index (χ0n) is 25.3. The van der Waals surface area contributed by atoms with E-state index >= 15 is 0 Å². The van der Waals surface area contributed by atoms with Gasteiger partial charge < -0.3 is 20.1 Å². The molecule has 0 aromatic heterocycles. The molecule has 0 aliphatic heterocycles. The molecule has 4 fully saturated rings. The summed E-state index contributed by atoms with van der Waals surface area (Å²) in [5.74, 6) is 0.734. The normalized spacial score (nSPS) is 51.7. The average Bonchev–Trinajstić information content (AvgIpc) is 2.82. The van der Waals surface area contributed by atoms with Gasteiger partial charge in [0.2, 0.25) is 0 Å². The summed E-state index contributed by atoms with van der Waals surface area (Å²) in [5, 5.41) is 32.6. The molecule has 5 aliphatic carbocycles. The Morgan fingerprint density at radius 3 is 2.26 bits per heavy atom. The van der Waals surface area contributed by atoms with Crippen molar-refractivity contribution in [3.8, 4) is 0 Å². The van der Waals surface area contributed by atoms with E-state index in [1.165, 1.54) is 5.57 Å². The minimum Gasteiger partial charge on any atom is -0.463 e. The lowest BCUT2D eigenvalue weighted by Gasteiger charge is -2.71. The third-order valence-electron chi connectivity index (χ3n) is 13.5. The number of ether oxygens (including phenoxy) is 1. The summed E-state index contributed by atoms with van der Waals surface area (Å²) < 4.78 is 5.97. The molecule has 216 valence electrons. The van der Waals surface area contributed by atoms with E-state index in [4.69, 9.17) is 4.74 Å². The topological polar surface area (TPSA) is 87.0 Å². The third kappa shape index (κ3) is 3.62. The maximum Gasteiger partial charge on any atom is 0.312 e. The molecule has 0 amide bonds. The smallest absolute Gasteiger partial charge is 0.312 e. The second kappa shape index (κ2) is 8.79. The molecule has 0 aromatic rings. The first kappa shape index (κ1) is 28.6. The Labute approximate surface area is 230 Å². The molecule has 5 rings (SSSR count). The number of carbonyl (C=O) groups excluding carboxylic acids is 1. The van der Waals surface area contributed by atoms with Gasteiger partial charge in [0.05, 0.1) is 30.3 Å². The maximum absolute atomic E-state index is 13.8. The summed E-state index contributed by atoms with van der Waals surface area (Å²) in [7, 11) is 0. The van der Waals surface area contributed by atoms with Crippen LogP contribution in [0.15, 0.2) is 11.6 Å². The molecule has 38 heavy (non-hydrogen) atoms. The van der Waals surface area contributed by atoms with E-state index in [9.17, 15) is 20.1 Å². The fraction of sp³-hybridized carbons (Fsp3) is 0.909. The Morgan fingerprint density at radius 1 is 0.974 bits per heavy atom. The van der Waals surface area contributed by atoms with Gasteiger partial charge in [-0.3, -0.25) is 4.79 Å². The van der Waals surface area contributed by atoms with Crippen LogP contribution in [-0.4, -0.2) is 46.2 Å². The van der Waals surface area contributed by atoms with Gasteiger partial charge in [0.25, 0.3) is 0 Å².